The number of unbranched alkanes of at least 4 members (excludes halogenated alkanes) is 1. The van der Waals surface area contributed by atoms with Gasteiger partial charge in [0, 0.05) is 48.9 Å². The van der Waals surface area contributed by atoms with Gasteiger partial charge in [0.15, 0.2) is 9.84 Å². The first kappa shape index (κ1) is 41.5. The van der Waals surface area contributed by atoms with E-state index in [0.29, 0.717) is 72.2 Å². The first-order valence-electron chi connectivity index (χ1n) is 17.7. The van der Waals surface area contributed by atoms with Crippen molar-refractivity contribution in [3.05, 3.63) is 98.7 Å². The van der Waals surface area contributed by atoms with Crippen molar-refractivity contribution in [1.82, 2.24) is 10.2 Å². The summed E-state index contributed by atoms with van der Waals surface area (Å²) in [5, 5.41) is 3.08. The minimum Gasteiger partial charge on any atom is -0.464 e. The lowest BCUT2D eigenvalue weighted by molar-refractivity contribution is -0.168. The number of benzene rings is 3. The second kappa shape index (κ2) is 17.6. The Morgan fingerprint density at radius 2 is 1.86 bits per heavy atom. The van der Waals surface area contributed by atoms with Gasteiger partial charge in [-0.3, -0.25) is 14.4 Å². The summed E-state index contributed by atoms with van der Waals surface area (Å²) in [6.07, 6.45) is 4.61. The second-order valence-electron chi connectivity index (χ2n) is 13.6. The predicted octanol–water partition coefficient (Wildman–Crippen LogP) is 6.12. The molecule has 2 atom stereocenters. The smallest absolute Gasteiger partial charge is 0.331 e. The molecule has 0 spiro atoms. The largest absolute Gasteiger partial charge is 0.464 e. The number of carbonyl (C=O) groups excluding carboxylic acids is 4. The van der Waals surface area contributed by atoms with Crippen molar-refractivity contribution >= 4 is 87.4 Å². The van der Waals surface area contributed by atoms with E-state index >= 15 is 0 Å². The minimum absolute atomic E-state index is 0.00137. The predicted molar refractivity (Wildman–Crippen MR) is 211 cm³/mol. The van der Waals surface area contributed by atoms with Crippen molar-refractivity contribution in [2.75, 3.05) is 25.3 Å². The molecule has 4 aromatic rings. The summed E-state index contributed by atoms with van der Waals surface area (Å²) in [4.78, 5) is 54.6. The highest BCUT2D eigenvalue weighted by molar-refractivity contribution is 8.72. The third kappa shape index (κ3) is 9.88. The Morgan fingerprint density at radius 3 is 2.61 bits per heavy atom. The standard InChI is InChI=1S/C38H38Cl2N2O11S3/c1-55(47,48)28-7-4-5-23(17-28)18-31(38(46)53-22-52-33(43)8-3-2-6-27-13-16-54-56(27,49)50)41-36(44)34-30(39)19-26-21-42(14-11-29(26)35(34)40)37(45)25-10-9-24-12-15-51-32(24)20-25/h4-5,7,9-10,12,15,17,19-20,27,31H,2-3,6,8,11,13-14,16,18,21-22H2,1H3,(H,41,44)/t27-,31+/m1/s1. The molecule has 1 fully saturated rings. The Labute approximate surface area is 337 Å². The van der Waals surface area contributed by atoms with E-state index in [-0.39, 0.29) is 45.8 Å². The fourth-order valence-corrected chi connectivity index (χ4v) is 12.1. The van der Waals surface area contributed by atoms with E-state index in [2.05, 4.69) is 5.32 Å². The van der Waals surface area contributed by atoms with Crippen LogP contribution in [-0.2, 0) is 57.2 Å². The number of fused-ring (bicyclic) bond motifs is 2. The number of rotatable bonds is 14. The van der Waals surface area contributed by atoms with Gasteiger partial charge in [0.2, 0.25) is 15.7 Å². The van der Waals surface area contributed by atoms with Gasteiger partial charge >= 0.3 is 11.9 Å². The molecule has 3 heterocycles. The Hall–Kier alpha value is -4.09. The van der Waals surface area contributed by atoms with E-state index in [1.807, 2.05) is 0 Å². The van der Waals surface area contributed by atoms with Crippen LogP contribution in [0.4, 0.5) is 0 Å². The molecule has 3 aromatic carbocycles. The minimum atomic E-state index is -3.60. The maximum atomic E-state index is 13.8. The number of carbonyl (C=O) groups is 4. The summed E-state index contributed by atoms with van der Waals surface area (Å²) in [5.41, 5.74) is 2.58. The number of furan rings is 1. The van der Waals surface area contributed by atoms with Gasteiger partial charge in [-0.05, 0) is 89.6 Å². The van der Waals surface area contributed by atoms with Gasteiger partial charge in [-0.25, -0.2) is 21.6 Å². The number of halogens is 2. The molecule has 2 amide bonds. The van der Waals surface area contributed by atoms with Gasteiger partial charge < -0.3 is 24.1 Å². The highest BCUT2D eigenvalue weighted by Crippen LogP contribution is 2.36. The first-order valence-corrected chi connectivity index (χ1v) is 23.4. The number of hydrogen-bond acceptors (Lipinski definition) is 12. The summed E-state index contributed by atoms with van der Waals surface area (Å²) in [6, 6.07) is 13.0. The van der Waals surface area contributed by atoms with Gasteiger partial charge in [0.25, 0.3) is 11.8 Å². The summed E-state index contributed by atoms with van der Waals surface area (Å²) in [6.45, 7) is -0.278. The van der Waals surface area contributed by atoms with Crippen LogP contribution in [0, 0.1) is 0 Å². The maximum absolute atomic E-state index is 13.8. The molecule has 18 heteroatoms. The zero-order chi connectivity index (χ0) is 40.2. The molecular formula is C38H38Cl2N2O11S3. The molecular weight excluding hydrogens is 828 g/mol. The van der Waals surface area contributed by atoms with Gasteiger partial charge in [0.05, 0.1) is 32.0 Å². The number of esters is 2. The lowest BCUT2D eigenvalue weighted by Crippen LogP contribution is -2.44. The second-order valence-corrected chi connectivity index (χ2v) is 20.8. The van der Waals surface area contributed by atoms with Crippen LogP contribution in [-0.4, -0.2) is 82.1 Å². The van der Waals surface area contributed by atoms with E-state index in [4.69, 9.17) is 37.1 Å². The van der Waals surface area contributed by atoms with Gasteiger partial charge in [-0.15, -0.1) is 0 Å². The quantitative estimate of drug-likeness (QED) is 0.0664. The lowest BCUT2D eigenvalue weighted by atomic mass is 9.95. The molecule has 0 saturated carbocycles. The van der Waals surface area contributed by atoms with Crippen LogP contribution >= 0.6 is 34.0 Å². The zero-order valence-corrected chi connectivity index (χ0v) is 34.1. The molecule has 2 aliphatic heterocycles. The Kier molecular flexibility index (Phi) is 13.0. The Balaban J connectivity index is 1.12. The molecule has 56 heavy (non-hydrogen) atoms. The average Bonchev–Trinajstić information content (AvgIpc) is 3.76. The van der Waals surface area contributed by atoms with Crippen LogP contribution < -0.4 is 5.32 Å². The lowest BCUT2D eigenvalue weighted by Gasteiger charge is -2.30. The summed E-state index contributed by atoms with van der Waals surface area (Å²) in [7, 11) is -5.80. The Bertz CT molecular complexity index is 2400. The maximum Gasteiger partial charge on any atom is 0.331 e. The highest BCUT2D eigenvalue weighted by atomic mass is 35.5. The topological polar surface area (TPSA) is 183 Å². The Morgan fingerprint density at radius 1 is 1.05 bits per heavy atom. The van der Waals surface area contributed by atoms with E-state index in [0.717, 1.165) is 22.4 Å². The van der Waals surface area contributed by atoms with Crippen molar-refractivity contribution < 1.29 is 49.9 Å². The monoisotopic (exact) mass is 864 g/mol. The van der Waals surface area contributed by atoms with Crippen LogP contribution in [0.15, 0.2) is 70.2 Å². The SMILES string of the molecule is CS(=O)(=O)c1cccc(C[C@H](NC(=O)c2c(Cl)cc3c(c2Cl)CCN(C(=O)c2ccc4ccoc4c2)C3)C(=O)OCOC(=O)CCCC[C@@H]2CCSS2(=O)=O)c1. The van der Waals surface area contributed by atoms with Crippen LogP contribution in [0.3, 0.4) is 0 Å². The molecule has 298 valence electrons. The fraction of sp³-hybridized carbons (Fsp3) is 0.368. The third-order valence-corrected chi connectivity index (χ3v) is 15.8. The molecule has 13 nitrogen and oxygen atoms in total. The van der Waals surface area contributed by atoms with Crippen molar-refractivity contribution in [3.63, 3.8) is 0 Å². The van der Waals surface area contributed by atoms with Crippen molar-refractivity contribution in [2.24, 2.45) is 0 Å². The molecule has 0 unspecified atom stereocenters. The highest BCUT2D eigenvalue weighted by Gasteiger charge is 2.32. The first-order chi connectivity index (χ1) is 26.6. The van der Waals surface area contributed by atoms with Crippen molar-refractivity contribution in [1.29, 1.82) is 0 Å². The van der Waals surface area contributed by atoms with Crippen LogP contribution in [0.1, 0.15) is 69.5 Å². The summed E-state index contributed by atoms with van der Waals surface area (Å²) < 4.78 is 64.2. The molecule has 0 radical (unpaired) electrons. The van der Waals surface area contributed by atoms with Crippen LogP contribution in [0.25, 0.3) is 11.0 Å². The van der Waals surface area contributed by atoms with Gasteiger partial charge in [0.1, 0.15) is 11.6 Å². The normalized spacial score (nSPS) is 16.9. The molecule has 0 bridgehead atoms. The van der Waals surface area contributed by atoms with E-state index in [9.17, 15) is 36.0 Å². The molecule has 6 rings (SSSR count). The molecule has 2 aliphatic rings. The van der Waals surface area contributed by atoms with E-state index in [1.165, 1.54) is 18.2 Å². The number of amides is 2. The number of ether oxygens (including phenoxy) is 2. The van der Waals surface area contributed by atoms with E-state index in [1.54, 1.807) is 47.6 Å². The number of hydrogen-bond donors (Lipinski definition) is 1. The van der Waals surface area contributed by atoms with Gasteiger partial charge in [-0.1, -0.05) is 47.8 Å². The molecule has 1 aromatic heterocycles. The van der Waals surface area contributed by atoms with E-state index < -0.39 is 54.6 Å². The van der Waals surface area contributed by atoms with Crippen molar-refractivity contribution in [3.8, 4) is 0 Å². The fourth-order valence-electron chi connectivity index (χ4n) is 6.66. The number of sulfone groups is 1. The zero-order valence-electron chi connectivity index (χ0n) is 30.1. The summed E-state index contributed by atoms with van der Waals surface area (Å²) >= 11 is 13.4. The van der Waals surface area contributed by atoms with Gasteiger partial charge in [-0.2, -0.15) is 0 Å². The number of nitrogens with zero attached hydrogens (tertiary/aromatic N) is 1. The van der Waals surface area contributed by atoms with Crippen LogP contribution in [0.5, 0.6) is 0 Å². The number of nitrogens with one attached hydrogen (secondary N) is 1. The molecule has 0 aliphatic carbocycles. The van der Waals surface area contributed by atoms with Crippen LogP contribution in [0.2, 0.25) is 10.0 Å². The molecule has 1 saturated heterocycles. The third-order valence-electron chi connectivity index (χ3n) is 9.65. The summed E-state index contributed by atoms with van der Waals surface area (Å²) in [5.74, 6) is -2.10. The average molecular weight is 866 g/mol. The van der Waals surface area contributed by atoms with Crippen molar-refractivity contribution in [2.45, 2.75) is 67.7 Å². The molecule has 1 N–H and O–H groups in total.